The van der Waals surface area contributed by atoms with Gasteiger partial charge >= 0.3 is 6.03 Å². The van der Waals surface area contributed by atoms with Gasteiger partial charge in [0.2, 0.25) is 5.95 Å². The van der Waals surface area contributed by atoms with Crippen molar-refractivity contribution in [3.8, 4) is 0 Å². The largest absolute Gasteiger partial charge is 0.339 e. The lowest BCUT2D eigenvalue weighted by Gasteiger charge is -2.34. The zero-order valence-electron chi connectivity index (χ0n) is 14.3. The van der Waals surface area contributed by atoms with Crippen LogP contribution in [-0.2, 0) is 6.54 Å². The number of hydrogen-bond acceptors (Lipinski definition) is 3. The van der Waals surface area contributed by atoms with Crippen LogP contribution in [0.1, 0.15) is 5.56 Å². The monoisotopic (exact) mass is 353 g/mol. The molecule has 2 amide bonds. The van der Waals surface area contributed by atoms with Crippen LogP contribution in [0.15, 0.2) is 48.5 Å². The van der Waals surface area contributed by atoms with Crippen molar-refractivity contribution >= 4 is 23.0 Å². The zero-order chi connectivity index (χ0) is 17.9. The van der Waals surface area contributed by atoms with Gasteiger partial charge in [0.05, 0.1) is 11.0 Å². The van der Waals surface area contributed by atoms with Crippen molar-refractivity contribution in [3.05, 3.63) is 59.9 Å². The minimum Gasteiger partial charge on any atom is -0.339 e. The average molecular weight is 353 g/mol. The average Bonchev–Trinajstić information content (AvgIpc) is 3.12. The van der Waals surface area contributed by atoms with Gasteiger partial charge in [-0.1, -0.05) is 24.3 Å². The molecule has 0 saturated carbocycles. The number of nitrogens with one attached hydrogen (secondary N) is 2. The minimum atomic E-state index is -0.276. The lowest BCUT2D eigenvalue weighted by Crippen LogP contribution is -2.52. The van der Waals surface area contributed by atoms with Gasteiger partial charge in [-0.25, -0.2) is 14.2 Å². The number of rotatable bonds is 3. The Bertz CT molecular complexity index is 867. The number of piperazine rings is 1. The lowest BCUT2D eigenvalue weighted by atomic mass is 10.2. The van der Waals surface area contributed by atoms with Crippen LogP contribution in [0.4, 0.5) is 15.1 Å². The maximum Gasteiger partial charge on any atom is 0.317 e. The normalized spacial score (nSPS) is 14.7. The van der Waals surface area contributed by atoms with E-state index in [1.807, 2.05) is 24.3 Å². The number of fused-ring (bicyclic) bond motifs is 1. The summed E-state index contributed by atoms with van der Waals surface area (Å²) in [7, 11) is 0. The maximum atomic E-state index is 12.9. The number of urea groups is 1. The second kappa shape index (κ2) is 7.03. The maximum absolute atomic E-state index is 12.9. The summed E-state index contributed by atoms with van der Waals surface area (Å²) in [4.78, 5) is 24.2. The second-order valence-electron chi connectivity index (χ2n) is 6.34. The van der Waals surface area contributed by atoms with Gasteiger partial charge in [-0.2, -0.15) is 0 Å². The number of benzene rings is 2. The Morgan fingerprint density at radius 2 is 1.81 bits per heavy atom. The SMILES string of the molecule is O=C(NCc1ccc(F)cc1)N1CCN(c2nc3ccccc3[nH]2)CC1. The number of H-pyrrole nitrogens is 1. The van der Waals surface area contributed by atoms with Crippen LogP contribution in [0.25, 0.3) is 11.0 Å². The number of halogens is 1. The number of aromatic nitrogens is 2. The van der Waals surface area contributed by atoms with E-state index < -0.39 is 0 Å². The summed E-state index contributed by atoms with van der Waals surface area (Å²) in [5.41, 5.74) is 2.84. The van der Waals surface area contributed by atoms with Gasteiger partial charge in [0.25, 0.3) is 0 Å². The third-order valence-corrected chi connectivity index (χ3v) is 4.60. The molecule has 0 spiro atoms. The predicted molar refractivity (Wildman–Crippen MR) is 98.5 cm³/mol. The Kier molecular flexibility index (Phi) is 4.43. The fraction of sp³-hybridized carbons (Fsp3) is 0.263. The number of carbonyl (C=O) groups is 1. The first kappa shape index (κ1) is 16.4. The highest BCUT2D eigenvalue weighted by molar-refractivity contribution is 5.77. The van der Waals surface area contributed by atoms with Crippen LogP contribution < -0.4 is 10.2 Å². The molecule has 1 fully saturated rings. The Balaban J connectivity index is 1.31. The molecule has 0 aliphatic carbocycles. The first-order chi connectivity index (χ1) is 12.7. The molecule has 2 heterocycles. The topological polar surface area (TPSA) is 64.3 Å². The van der Waals surface area contributed by atoms with Gasteiger partial charge in [-0.05, 0) is 29.8 Å². The molecule has 0 bridgehead atoms. The first-order valence-electron chi connectivity index (χ1n) is 8.66. The first-order valence-corrected chi connectivity index (χ1v) is 8.66. The molecule has 2 aromatic carbocycles. The fourth-order valence-electron chi connectivity index (χ4n) is 3.10. The number of amides is 2. The molecule has 6 nitrogen and oxygen atoms in total. The molecule has 1 aliphatic rings. The van der Waals surface area contributed by atoms with Crippen molar-refractivity contribution in [2.45, 2.75) is 6.54 Å². The van der Waals surface area contributed by atoms with Crippen LogP contribution in [-0.4, -0.2) is 47.1 Å². The molecule has 7 heteroatoms. The second-order valence-corrected chi connectivity index (χ2v) is 6.34. The molecule has 4 rings (SSSR count). The molecule has 0 unspecified atom stereocenters. The van der Waals surface area contributed by atoms with E-state index >= 15 is 0 Å². The van der Waals surface area contributed by atoms with Gasteiger partial charge in [0, 0.05) is 32.7 Å². The third kappa shape index (κ3) is 3.46. The van der Waals surface area contributed by atoms with Crippen molar-refractivity contribution in [1.82, 2.24) is 20.2 Å². The highest BCUT2D eigenvalue weighted by Gasteiger charge is 2.22. The number of para-hydroxylation sites is 2. The summed E-state index contributed by atoms with van der Waals surface area (Å²) in [5, 5.41) is 2.89. The van der Waals surface area contributed by atoms with Gasteiger partial charge in [0.1, 0.15) is 5.82 Å². The van der Waals surface area contributed by atoms with E-state index in [4.69, 9.17) is 0 Å². The van der Waals surface area contributed by atoms with Crippen molar-refractivity contribution in [2.24, 2.45) is 0 Å². The van der Waals surface area contributed by atoms with Crippen molar-refractivity contribution in [2.75, 3.05) is 31.1 Å². The third-order valence-electron chi connectivity index (χ3n) is 4.60. The Hall–Kier alpha value is -3.09. The molecule has 0 radical (unpaired) electrons. The Labute approximate surface area is 150 Å². The lowest BCUT2D eigenvalue weighted by molar-refractivity contribution is 0.193. The number of anilines is 1. The molecule has 1 aromatic heterocycles. The van der Waals surface area contributed by atoms with Crippen LogP contribution in [0.3, 0.4) is 0 Å². The van der Waals surface area contributed by atoms with Gasteiger partial charge in [-0.3, -0.25) is 0 Å². The van der Waals surface area contributed by atoms with E-state index in [0.29, 0.717) is 19.6 Å². The van der Waals surface area contributed by atoms with E-state index in [2.05, 4.69) is 20.2 Å². The predicted octanol–water partition coefficient (Wildman–Crippen LogP) is 2.73. The molecular formula is C19H20FN5O. The van der Waals surface area contributed by atoms with E-state index in [9.17, 15) is 9.18 Å². The minimum absolute atomic E-state index is 0.0985. The van der Waals surface area contributed by atoms with E-state index in [1.165, 1.54) is 12.1 Å². The van der Waals surface area contributed by atoms with E-state index in [0.717, 1.165) is 35.6 Å². The molecule has 26 heavy (non-hydrogen) atoms. The summed E-state index contributed by atoms with van der Waals surface area (Å²) in [6.07, 6.45) is 0. The summed E-state index contributed by atoms with van der Waals surface area (Å²) in [6.45, 7) is 3.11. The Morgan fingerprint density at radius 1 is 1.08 bits per heavy atom. The van der Waals surface area contributed by atoms with Crippen molar-refractivity contribution < 1.29 is 9.18 Å². The van der Waals surface area contributed by atoms with Crippen LogP contribution in [0, 0.1) is 5.82 Å². The van der Waals surface area contributed by atoms with Crippen molar-refractivity contribution in [1.29, 1.82) is 0 Å². The number of hydrogen-bond donors (Lipinski definition) is 2. The number of nitrogens with zero attached hydrogens (tertiary/aromatic N) is 3. The van der Waals surface area contributed by atoms with Gasteiger partial charge < -0.3 is 20.1 Å². The summed E-state index contributed by atoms with van der Waals surface area (Å²) in [5.74, 6) is 0.569. The smallest absolute Gasteiger partial charge is 0.317 e. The summed E-state index contributed by atoms with van der Waals surface area (Å²) >= 11 is 0. The summed E-state index contributed by atoms with van der Waals surface area (Å²) < 4.78 is 12.9. The molecule has 1 saturated heterocycles. The molecule has 134 valence electrons. The molecule has 1 aliphatic heterocycles. The number of aromatic amines is 1. The highest BCUT2D eigenvalue weighted by Crippen LogP contribution is 2.18. The quantitative estimate of drug-likeness (QED) is 0.761. The number of imidazole rings is 1. The molecule has 0 atom stereocenters. The van der Waals surface area contributed by atoms with Crippen LogP contribution in [0.5, 0.6) is 0 Å². The number of carbonyl (C=O) groups excluding carboxylic acids is 1. The van der Waals surface area contributed by atoms with Gasteiger partial charge in [-0.15, -0.1) is 0 Å². The van der Waals surface area contributed by atoms with Gasteiger partial charge in [0.15, 0.2) is 0 Å². The van der Waals surface area contributed by atoms with Crippen LogP contribution >= 0.6 is 0 Å². The zero-order valence-corrected chi connectivity index (χ0v) is 14.3. The molecule has 2 N–H and O–H groups in total. The summed E-state index contributed by atoms with van der Waals surface area (Å²) in [6, 6.07) is 14.0. The Morgan fingerprint density at radius 3 is 2.54 bits per heavy atom. The van der Waals surface area contributed by atoms with E-state index in [1.54, 1.807) is 17.0 Å². The van der Waals surface area contributed by atoms with E-state index in [-0.39, 0.29) is 11.8 Å². The fourth-order valence-corrected chi connectivity index (χ4v) is 3.10. The standard InChI is InChI=1S/C19H20FN5O/c20-15-7-5-14(6-8-15)13-21-19(26)25-11-9-24(10-12-25)18-22-16-3-1-2-4-17(16)23-18/h1-8H,9-13H2,(H,21,26)(H,22,23). The van der Waals surface area contributed by atoms with Crippen LogP contribution in [0.2, 0.25) is 0 Å². The van der Waals surface area contributed by atoms with Crippen molar-refractivity contribution in [3.63, 3.8) is 0 Å². The molecule has 3 aromatic rings. The highest BCUT2D eigenvalue weighted by atomic mass is 19.1. The molecular weight excluding hydrogens is 333 g/mol.